The summed E-state index contributed by atoms with van der Waals surface area (Å²) in [7, 11) is 0. The summed E-state index contributed by atoms with van der Waals surface area (Å²) in [5.41, 5.74) is 1.10. The van der Waals surface area contributed by atoms with Crippen LogP contribution in [0.5, 0.6) is 0 Å². The smallest absolute Gasteiger partial charge is 0.123 e. The van der Waals surface area contributed by atoms with Crippen LogP contribution in [-0.4, -0.2) is 11.4 Å². The molecule has 0 amide bonds. The van der Waals surface area contributed by atoms with Crippen LogP contribution in [0, 0.1) is 5.82 Å². The first-order chi connectivity index (χ1) is 9.22. The number of rotatable bonds is 3. The summed E-state index contributed by atoms with van der Waals surface area (Å²) in [4.78, 5) is 3.81. The van der Waals surface area contributed by atoms with Crippen molar-refractivity contribution in [3.63, 3.8) is 0 Å². The molecule has 1 aliphatic heterocycles. The highest BCUT2D eigenvalue weighted by molar-refractivity contribution is 9.11. The van der Waals surface area contributed by atoms with Crippen molar-refractivity contribution in [1.29, 1.82) is 0 Å². The Bertz CT molecular complexity index is 569. The highest BCUT2D eigenvalue weighted by atomic mass is 79.9. The lowest BCUT2D eigenvalue weighted by molar-refractivity contribution is 0.250. The highest BCUT2D eigenvalue weighted by Gasteiger charge is 2.26. The molecule has 100 valence electrons. The van der Waals surface area contributed by atoms with E-state index in [1.807, 2.05) is 12.1 Å². The van der Waals surface area contributed by atoms with Crippen molar-refractivity contribution >= 4 is 27.3 Å². The minimum absolute atomic E-state index is 0.136. The SMILES string of the molecule is Fc1cccc([C@@H]2CCCN2Cc2ccc(Br)s2)c1. The molecular formula is C15H15BrFNS. The summed E-state index contributed by atoms with van der Waals surface area (Å²) in [5, 5.41) is 0. The van der Waals surface area contributed by atoms with Crippen LogP contribution in [0.25, 0.3) is 0 Å². The van der Waals surface area contributed by atoms with Crippen molar-refractivity contribution in [2.24, 2.45) is 0 Å². The molecule has 1 aromatic heterocycles. The van der Waals surface area contributed by atoms with Crippen molar-refractivity contribution in [1.82, 2.24) is 4.90 Å². The monoisotopic (exact) mass is 339 g/mol. The van der Waals surface area contributed by atoms with Crippen LogP contribution in [0.1, 0.15) is 29.3 Å². The van der Waals surface area contributed by atoms with Crippen LogP contribution in [0.15, 0.2) is 40.2 Å². The van der Waals surface area contributed by atoms with Gasteiger partial charge in [-0.25, -0.2) is 4.39 Å². The molecule has 0 saturated carbocycles. The number of hydrogen-bond acceptors (Lipinski definition) is 2. The van der Waals surface area contributed by atoms with Crippen molar-refractivity contribution in [3.8, 4) is 0 Å². The Kier molecular flexibility index (Phi) is 4.01. The quantitative estimate of drug-likeness (QED) is 0.761. The molecule has 1 saturated heterocycles. The Morgan fingerprint density at radius 2 is 2.21 bits per heavy atom. The summed E-state index contributed by atoms with van der Waals surface area (Å²) in [6, 6.07) is 11.6. The minimum Gasteiger partial charge on any atom is -0.291 e. The van der Waals surface area contributed by atoms with Gasteiger partial charge in [0.15, 0.2) is 0 Å². The maximum Gasteiger partial charge on any atom is 0.123 e. The van der Waals surface area contributed by atoms with Crippen molar-refractivity contribution in [2.75, 3.05) is 6.54 Å². The van der Waals surface area contributed by atoms with Gasteiger partial charge in [-0.05, 0) is 65.1 Å². The summed E-state index contributed by atoms with van der Waals surface area (Å²) in [6.07, 6.45) is 2.31. The van der Waals surface area contributed by atoms with E-state index in [0.717, 1.165) is 25.1 Å². The van der Waals surface area contributed by atoms with E-state index < -0.39 is 0 Å². The third-order valence-corrected chi connectivity index (χ3v) is 5.19. The molecule has 1 atom stereocenters. The third kappa shape index (κ3) is 3.07. The maximum absolute atomic E-state index is 13.4. The molecule has 3 rings (SSSR count). The standard InChI is InChI=1S/C15H15BrFNS/c16-15-7-6-13(19-15)10-18-8-2-5-14(18)11-3-1-4-12(17)9-11/h1,3-4,6-7,9,14H,2,5,8,10H2/t14-/m0/s1. The average molecular weight is 340 g/mol. The molecular weight excluding hydrogens is 325 g/mol. The number of likely N-dealkylation sites (tertiary alicyclic amines) is 1. The molecule has 2 aromatic rings. The Labute approximate surface area is 125 Å². The van der Waals surface area contributed by atoms with Gasteiger partial charge in [0.1, 0.15) is 5.82 Å². The topological polar surface area (TPSA) is 3.24 Å². The summed E-state index contributed by atoms with van der Waals surface area (Å²) in [6.45, 7) is 2.05. The van der Waals surface area contributed by atoms with Crippen LogP contribution >= 0.6 is 27.3 Å². The van der Waals surface area contributed by atoms with Crippen molar-refractivity contribution in [2.45, 2.75) is 25.4 Å². The fraction of sp³-hybridized carbons (Fsp3) is 0.333. The predicted molar refractivity (Wildman–Crippen MR) is 80.8 cm³/mol. The first-order valence-corrected chi connectivity index (χ1v) is 8.07. The van der Waals surface area contributed by atoms with E-state index in [2.05, 4.69) is 33.0 Å². The molecule has 0 unspecified atom stereocenters. The molecule has 19 heavy (non-hydrogen) atoms. The second-order valence-corrected chi connectivity index (χ2v) is 7.44. The molecule has 0 spiro atoms. The number of halogens is 2. The van der Waals surface area contributed by atoms with Crippen LogP contribution in [0.4, 0.5) is 4.39 Å². The lowest BCUT2D eigenvalue weighted by Crippen LogP contribution is -2.22. The molecule has 4 heteroatoms. The predicted octanol–water partition coefficient (Wildman–Crippen LogP) is 4.99. The van der Waals surface area contributed by atoms with Gasteiger partial charge in [0.25, 0.3) is 0 Å². The van der Waals surface area contributed by atoms with Crippen LogP contribution < -0.4 is 0 Å². The summed E-state index contributed by atoms with van der Waals surface area (Å²) in [5.74, 6) is -0.136. The van der Waals surface area contributed by atoms with Gasteiger partial charge in [-0.3, -0.25) is 4.90 Å². The van der Waals surface area contributed by atoms with Gasteiger partial charge in [0.05, 0.1) is 3.79 Å². The Balaban J connectivity index is 1.78. The molecule has 1 fully saturated rings. The van der Waals surface area contributed by atoms with Crippen LogP contribution in [-0.2, 0) is 6.54 Å². The number of hydrogen-bond donors (Lipinski definition) is 0. The van der Waals surface area contributed by atoms with E-state index in [9.17, 15) is 4.39 Å². The van der Waals surface area contributed by atoms with Crippen LogP contribution in [0.3, 0.4) is 0 Å². The zero-order valence-electron chi connectivity index (χ0n) is 10.5. The lowest BCUT2D eigenvalue weighted by Gasteiger charge is -2.24. The molecule has 1 nitrogen and oxygen atoms in total. The number of nitrogens with zero attached hydrogens (tertiary/aromatic N) is 1. The van der Waals surface area contributed by atoms with E-state index in [0.29, 0.717) is 6.04 Å². The van der Waals surface area contributed by atoms with E-state index in [4.69, 9.17) is 0 Å². The van der Waals surface area contributed by atoms with Gasteiger partial charge >= 0.3 is 0 Å². The third-order valence-electron chi connectivity index (χ3n) is 3.58. The Morgan fingerprint density at radius 1 is 1.32 bits per heavy atom. The zero-order chi connectivity index (χ0) is 13.2. The second kappa shape index (κ2) is 5.73. The first-order valence-electron chi connectivity index (χ1n) is 6.46. The van der Waals surface area contributed by atoms with E-state index in [-0.39, 0.29) is 5.82 Å². The average Bonchev–Trinajstić information content (AvgIpc) is 2.99. The molecule has 0 bridgehead atoms. The largest absolute Gasteiger partial charge is 0.291 e. The lowest BCUT2D eigenvalue weighted by atomic mass is 10.0. The Morgan fingerprint density at radius 3 is 2.95 bits per heavy atom. The maximum atomic E-state index is 13.4. The molecule has 1 aromatic carbocycles. The fourth-order valence-corrected chi connectivity index (χ4v) is 4.25. The Hall–Kier alpha value is -0.710. The minimum atomic E-state index is -0.136. The van der Waals surface area contributed by atoms with E-state index in [1.165, 1.54) is 21.2 Å². The van der Waals surface area contributed by atoms with E-state index >= 15 is 0 Å². The van der Waals surface area contributed by atoms with Gasteiger partial charge < -0.3 is 0 Å². The van der Waals surface area contributed by atoms with Crippen molar-refractivity contribution in [3.05, 3.63) is 56.4 Å². The van der Waals surface area contributed by atoms with Crippen molar-refractivity contribution < 1.29 is 4.39 Å². The summed E-state index contributed by atoms with van der Waals surface area (Å²) < 4.78 is 14.5. The molecule has 0 radical (unpaired) electrons. The number of thiophene rings is 1. The van der Waals surface area contributed by atoms with Gasteiger partial charge in [-0.2, -0.15) is 0 Å². The second-order valence-electron chi connectivity index (χ2n) is 4.89. The normalized spacial score (nSPS) is 20.0. The van der Waals surface area contributed by atoms with Gasteiger partial charge in [-0.1, -0.05) is 12.1 Å². The molecule has 0 aliphatic carbocycles. The summed E-state index contributed by atoms with van der Waals surface area (Å²) >= 11 is 5.28. The van der Waals surface area contributed by atoms with E-state index in [1.54, 1.807) is 17.4 Å². The number of benzene rings is 1. The molecule has 0 N–H and O–H groups in total. The first kappa shape index (κ1) is 13.3. The zero-order valence-corrected chi connectivity index (χ0v) is 12.9. The van der Waals surface area contributed by atoms with Gasteiger partial charge in [0.2, 0.25) is 0 Å². The highest BCUT2D eigenvalue weighted by Crippen LogP contribution is 2.34. The molecule has 2 heterocycles. The van der Waals surface area contributed by atoms with Gasteiger partial charge in [-0.15, -0.1) is 11.3 Å². The van der Waals surface area contributed by atoms with Crippen LogP contribution in [0.2, 0.25) is 0 Å². The van der Waals surface area contributed by atoms with Gasteiger partial charge in [0, 0.05) is 17.5 Å². The molecule has 1 aliphatic rings. The fourth-order valence-electron chi connectivity index (χ4n) is 2.74.